The average molecular weight is 378 g/mol. The van der Waals surface area contributed by atoms with Crippen LogP contribution in [0.5, 0.6) is 5.75 Å². The Morgan fingerprint density at radius 2 is 1.88 bits per heavy atom. The molecule has 0 unspecified atom stereocenters. The predicted molar refractivity (Wildman–Crippen MR) is 94.7 cm³/mol. The number of aromatic nitrogens is 4. The molecule has 1 fully saturated rings. The normalized spacial score (nSPS) is 15.2. The van der Waals surface area contributed by atoms with E-state index in [2.05, 4.69) is 20.3 Å². The standard InChI is InChI=1S/C17H19N5O3.ClH/c1-2-14-19-13(21-24-14)10-23-12-6-4-11(5-7-12)15-20-16(22-25-15)17(18)8-3-9-17;/h4-7H,2-3,8-10,18H2,1H3;1H. The Hall–Kier alpha value is -2.45. The minimum atomic E-state index is -0.424. The summed E-state index contributed by atoms with van der Waals surface area (Å²) in [6.45, 7) is 2.21. The number of hydrogen-bond donors (Lipinski definition) is 1. The maximum atomic E-state index is 6.22. The third-order valence-electron chi connectivity index (χ3n) is 4.40. The lowest BCUT2D eigenvalue weighted by molar-refractivity contribution is 0.229. The fourth-order valence-electron chi connectivity index (χ4n) is 2.66. The molecule has 8 nitrogen and oxygen atoms in total. The minimum Gasteiger partial charge on any atom is -0.485 e. The lowest BCUT2D eigenvalue weighted by atomic mass is 9.77. The molecule has 0 atom stereocenters. The molecule has 26 heavy (non-hydrogen) atoms. The number of ether oxygens (including phenoxy) is 1. The molecule has 1 aliphatic rings. The number of nitrogens with two attached hydrogens (primary N) is 1. The number of hydrogen-bond acceptors (Lipinski definition) is 8. The van der Waals surface area contributed by atoms with Gasteiger partial charge in [0.1, 0.15) is 5.75 Å². The molecule has 0 radical (unpaired) electrons. The monoisotopic (exact) mass is 377 g/mol. The predicted octanol–water partition coefficient (Wildman–Crippen LogP) is 3.02. The molecule has 0 spiro atoms. The van der Waals surface area contributed by atoms with Gasteiger partial charge in [-0.3, -0.25) is 0 Å². The Bertz CT molecular complexity index is 857. The highest BCUT2D eigenvalue weighted by Gasteiger charge is 2.39. The van der Waals surface area contributed by atoms with Crippen molar-refractivity contribution in [2.24, 2.45) is 5.73 Å². The summed E-state index contributed by atoms with van der Waals surface area (Å²) in [5.41, 5.74) is 6.62. The molecular formula is C17H20ClN5O3. The van der Waals surface area contributed by atoms with Crippen LogP contribution in [0.4, 0.5) is 0 Å². The van der Waals surface area contributed by atoms with E-state index in [-0.39, 0.29) is 19.0 Å². The first-order valence-electron chi connectivity index (χ1n) is 8.34. The first-order valence-corrected chi connectivity index (χ1v) is 8.34. The number of benzene rings is 1. The topological polar surface area (TPSA) is 113 Å². The summed E-state index contributed by atoms with van der Waals surface area (Å²) >= 11 is 0. The second kappa shape index (κ2) is 7.43. The molecule has 1 saturated carbocycles. The van der Waals surface area contributed by atoms with Crippen LogP contribution in [-0.2, 0) is 18.6 Å². The maximum absolute atomic E-state index is 6.22. The zero-order valence-corrected chi connectivity index (χ0v) is 15.2. The third kappa shape index (κ3) is 3.56. The molecule has 1 aliphatic carbocycles. The van der Waals surface area contributed by atoms with Gasteiger partial charge >= 0.3 is 0 Å². The zero-order chi connectivity index (χ0) is 17.3. The SMILES string of the molecule is CCc1nc(COc2ccc(-c3nc(C4(N)CCC4)no3)cc2)no1.Cl. The lowest BCUT2D eigenvalue weighted by Gasteiger charge is -2.34. The highest BCUT2D eigenvalue weighted by Crippen LogP contribution is 2.37. The van der Waals surface area contributed by atoms with Crippen LogP contribution in [0.2, 0.25) is 0 Å². The van der Waals surface area contributed by atoms with Crippen LogP contribution < -0.4 is 10.5 Å². The summed E-state index contributed by atoms with van der Waals surface area (Å²) in [6, 6.07) is 7.40. The van der Waals surface area contributed by atoms with Gasteiger partial charge in [-0.1, -0.05) is 17.2 Å². The van der Waals surface area contributed by atoms with Gasteiger partial charge < -0.3 is 19.5 Å². The number of rotatable bonds is 6. The van der Waals surface area contributed by atoms with E-state index in [0.29, 0.717) is 35.6 Å². The van der Waals surface area contributed by atoms with Gasteiger partial charge in [0, 0.05) is 12.0 Å². The van der Waals surface area contributed by atoms with Gasteiger partial charge in [0.2, 0.25) is 11.7 Å². The first-order chi connectivity index (χ1) is 12.2. The summed E-state index contributed by atoms with van der Waals surface area (Å²) in [5, 5.41) is 7.88. The average Bonchev–Trinajstić information content (AvgIpc) is 3.28. The minimum absolute atomic E-state index is 0. The molecule has 4 rings (SSSR count). The van der Waals surface area contributed by atoms with Crippen molar-refractivity contribution in [3.63, 3.8) is 0 Å². The molecule has 0 saturated heterocycles. The van der Waals surface area contributed by atoms with Crippen molar-refractivity contribution >= 4 is 12.4 Å². The van der Waals surface area contributed by atoms with Gasteiger partial charge in [-0.05, 0) is 43.5 Å². The Labute approximate surface area is 156 Å². The molecule has 0 bridgehead atoms. The first kappa shape index (κ1) is 18.3. The second-order valence-corrected chi connectivity index (χ2v) is 6.20. The summed E-state index contributed by atoms with van der Waals surface area (Å²) in [4.78, 5) is 8.63. The number of nitrogens with zero attached hydrogens (tertiary/aromatic N) is 4. The smallest absolute Gasteiger partial charge is 0.257 e. The Balaban J connectivity index is 0.00000196. The lowest BCUT2D eigenvalue weighted by Crippen LogP contribution is -2.44. The van der Waals surface area contributed by atoms with Crippen LogP contribution in [0.1, 0.15) is 43.7 Å². The molecule has 2 N–H and O–H groups in total. The summed E-state index contributed by atoms with van der Waals surface area (Å²) < 4.78 is 16.0. The summed E-state index contributed by atoms with van der Waals surface area (Å²) in [6.07, 6.45) is 3.60. The van der Waals surface area contributed by atoms with Gasteiger partial charge in [-0.2, -0.15) is 9.97 Å². The van der Waals surface area contributed by atoms with E-state index in [1.165, 1.54) is 0 Å². The highest BCUT2D eigenvalue weighted by atomic mass is 35.5. The Morgan fingerprint density at radius 1 is 1.12 bits per heavy atom. The van der Waals surface area contributed by atoms with E-state index < -0.39 is 5.54 Å². The van der Waals surface area contributed by atoms with Crippen molar-refractivity contribution in [3.8, 4) is 17.2 Å². The molecule has 0 amide bonds. The van der Waals surface area contributed by atoms with Crippen molar-refractivity contribution in [2.75, 3.05) is 0 Å². The molecule has 2 heterocycles. The molecular weight excluding hydrogens is 358 g/mol. The fraction of sp³-hybridized carbons (Fsp3) is 0.412. The van der Waals surface area contributed by atoms with E-state index in [0.717, 1.165) is 24.8 Å². The molecule has 1 aromatic carbocycles. The summed E-state index contributed by atoms with van der Waals surface area (Å²) in [5.74, 6) is 2.86. The number of aryl methyl sites for hydroxylation is 1. The van der Waals surface area contributed by atoms with E-state index in [1.807, 2.05) is 31.2 Å². The van der Waals surface area contributed by atoms with E-state index >= 15 is 0 Å². The van der Waals surface area contributed by atoms with Gasteiger partial charge in [-0.15, -0.1) is 12.4 Å². The number of halogens is 1. The van der Waals surface area contributed by atoms with Crippen LogP contribution in [0.3, 0.4) is 0 Å². The van der Waals surface area contributed by atoms with E-state index in [4.69, 9.17) is 19.5 Å². The van der Waals surface area contributed by atoms with Crippen LogP contribution in [0.25, 0.3) is 11.5 Å². The summed E-state index contributed by atoms with van der Waals surface area (Å²) in [7, 11) is 0. The van der Waals surface area contributed by atoms with Crippen LogP contribution in [0.15, 0.2) is 33.3 Å². The van der Waals surface area contributed by atoms with Crippen molar-refractivity contribution < 1.29 is 13.8 Å². The van der Waals surface area contributed by atoms with Crippen molar-refractivity contribution in [1.29, 1.82) is 0 Å². The second-order valence-electron chi connectivity index (χ2n) is 6.20. The Kier molecular flexibility index (Phi) is 5.24. The zero-order valence-electron chi connectivity index (χ0n) is 14.3. The quantitative estimate of drug-likeness (QED) is 0.697. The van der Waals surface area contributed by atoms with Crippen LogP contribution in [0, 0.1) is 0 Å². The van der Waals surface area contributed by atoms with Crippen LogP contribution in [-0.4, -0.2) is 20.3 Å². The van der Waals surface area contributed by atoms with Crippen molar-refractivity contribution in [3.05, 3.63) is 41.8 Å². The molecule has 138 valence electrons. The molecule has 0 aliphatic heterocycles. The van der Waals surface area contributed by atoms with E-state index in [1.54, 1.807) is 0 Å². The van der Waals surface area contributed by atoms with Crippen molar-refractivity contribution in [2.45, 2.75) is 44.8 Å². The fourth-order valence-corrected chi connectivity index (χ4v) is 2.66. The van der Waals surface area contributed by atoms with Gasteiger partial charge in [0.15, 0.2) is 12.4 Å². The van der Waals surface area contributed by atoms with E-state index in [9.17, 15) is 0 Å². The molecule has 2 aromatic heterocycles. The van der Waals surface area contributed by atoms with Gasteiger partial charge in [0.05, 0.1) is 5.54 Å². The molecule has 9 heteroatoms. The third-order valence-corrected chi connectivity index (χ3v) is 4.40. The van der Waals surface area contributed by atoms with Gasteiger partial charge in [-0.25, -0.2) is 0 Å². The van der Waals surface area contributed by atoms with Crippen molar-refractivity contribution in [1.82, 2.24) is 20.3 Å². The Morgan fingerprint density at radius 3 is 2.50 bits per heavy atom. The van der Waals surface area contributed by atoms with Crippen LogP contribution >= 0.6 is 12.4 Å². The maximum Gasteiger partial charge on any atom is 0.257 e. The largest absolute Gasteiger partial charge is 0.485 e. The highest BCUT2D eigenvalue weighted by molar-refractivity contribution is 5.85. The van der Waals surface area contributed by atoms with Gasteiger partial charge in [0.25, 0.3) is 5.89 Å². The molecule has 3 aromatic rings.